The topological polar surface area (TPSA) is 83.8 Å². The minimum Gasteiger partial charge on any atom is -0.465 e. The van der Waals surface area contributed by atoms with Gasteiger partial charge in [0.2, 0.25) is 0 Å². The third kappa shape index (κ3) is 4.43. The molecule has 0 unspecified atom stereocenters. The van der Waals surface area contributed by atoms with E-state index in [-0.39, 0.29) is 29.5 Å². The van der Waals surface area contributed by atoms with Gasteiger partial charge in [0.05, 0.1) is 12.7 Å². The molecule has 10 atom stereocenters. The smallest absolute Gasteiger partial charge is 0.302 e. The third-order valence-corrected chi connectivity index (χ3v) is 11.5. The average Bonchev–Trinajstić information content (AvgIpc) is 3.15. The molecule has 4 rings (SSSR count). The summed E-state index contributed by atoms with van der Waals surface area (Å²) in [7, 11) is 0. The van der Waals surface area contributed by atoms with Crippen LogP contribution in [0.25, 0.3) is 0 Å². The summed E-state index contributed by atoms with van der Waals surface area (Å²) in [4.78, 5) is 24.5. The van der Waals surface area contributed by atoms with Crippen LogP contribution in [0.4, 0.5) is 0 Å². The van der Waals surface area contributed by atoms with Gasteiger partial charge in [0.25, 0.3) is 0 Å². The Kier molecular flexibility index (Phi) is 7.36. The van der Waals surface area contributed by atoms with Gasteiger partial charge in [0.1, 0.15) is 5.60 Å². The summed E-state index contributed by atoms with van der Waals surface area (Å²) in [6.07, 6.45) is 8.26. The van der Waals surface area contributed by atoms with Crippen LogP contribution in [0, 0.1) is 46.3 Å². The van der Waals surface area contributed by atoms with Crippen molar-refractivity contribution in [3.63, 3.8) is 0 Å². The van der Waals surface area contributed by atoms with E-state index in [0.29, 0.717) is 49.0 Å². The number of esters is 1. The van der Waals surface area contributed by atoms with Gasteiger partial charge in [-0.25, -0.2) is 0 Å². The molecule has 0 radical (unpaired) electrons. The first-order valence-corrected chi connectivity index (χ1v) is 14.1. The minimum atomic E-state index is -1.35. The van der Waals surface area contributed by atoms with Crippen molar-refractivity contribution >= 4 is 11.8 Å². The molecule has 2 N–H and O–H groups in total. The van der Waals surface area contributed by atoms with Gasteiger partial charge in [-0.05, 0) is 86.4 Å². The zero-order chi connectivity index (χ0) is 25.8. The van der Waals surface area contributed by atoms with E-state index < -0.39 is 17.1 Å². The Labute approximate surface area is 212 Å². The van der Waals surface area contributed by atoms with Crippen molar-refractivity contribution in [3.8, 4) is 0 Å². The lowest BCUT2D eigenvalue weighted by molar-refractivity contribution is -0.213. The van der Waals surface area contributed by atoms with E-state index in [1.807, 2.05) is 0 Å². The van der Waals surface area contributed by atoms with Crippen LogP contribution in [0.15, 0.2) is 12.2 Å². The second-order valence-electron chi connectivity index (χ2n) is 13.3. The summed E-state index contributed by atoms with van der Waals surface area (Å²) in [5, 5.41) is 21.8. The molecule has 5 heteroatoms. The molecular formula is C30H48O5. The van der Waals surface area contributed by atoms with Gasteiger partial charge in [-0.1, -0.05) is 39.8 Å². The summed E-state index contributed by atoms with van der Waals surface area (Å²) >= 11 is 0. The molecule has 4 aliphatic rings. The number of aliphatic hydroxyl groups excluding tert-OH is 1. The van der Waals surface area contributed by atoms with Gasteiger partial charge in [0, 0.05) is 31.1 Å². The number of hydrogen-bond donors (Lipinski definition) is 2. The molecule has 0 spiro atoms. The molecule has 0 amide bonds. The maximum atomic E-state index is 13.4. The van der Waals surface area contributed by atoms with E-state index in [1.165, 1.54) is 26.2 Å². The number of ether oxygens (including phenoxy) is 1. The molecule has 0 aromatic heterocycles. The van der Waals surface area contributed by atoms with Crippen LogP contribution in [-0.4, -0.2) is 40.3 Å². The number of carbonyl (C=O) groups is 2. The predicted molar refractivity (Wildman–Crippen MR) is 136 cm³/mol. The molecule has 0 aromatic rings. The Bertz CT molecular complexity index is 852. The maximum absolute atomic E-state index is 13.4. The maximum Gasteiger partial charge on any atom is 0.302 e. The van der Waals surface area contributed by atoms with E-state index in [4.69, 9.17) is 4.74 Å². The van der Waals surface area contributed by atoms with E-state index >= 15 is 0 Å². The molecule has 4 saturated carbocycles. The standard InChI is InChI=1S/C30H48O5/c1-18(20(3)17-35-21(4)31)7-8-19(2)24-9-10-25-23-15-27(33)30(34)16-22(32)11-14-29(30,6)26(23)12-13-28(24,25)5/h19-20,22-26,32,34H,1,7-17H2,2-6H3/t19-,20-,22+,23+,24-,25+,26+,28-,29-,30+/m1/s1. The van der Waals surface area contributed by atoms with Crippen molar-refractivity contribution in [2.45, 2.75) is 111 Å². The second kappa shape index (κ2) is 9.59. The first-order chi connectivity index (χ1) is 16.3. The monoisotopic (exact) mass is 488 g/mol. The molecule has 0 heterocycles. The summed E-state index contributed by atoms with van der Waals surface area (Å²) in [5.74, 6) is 2.41. The molecule has 4 fully saturated rings. The Balaban J connectivity index is 1.44. The highest BCUT2D eigenvalue weighted by molar-refractivity contribution is 5.89. The number of aliphatic hydroxyl groups is 2. The average molecular weight is 489 g/mol. The number of hydrogen-bond acceptors (Lipinski definition) is 5. The van der Waals surface area contributed by atoms with Crippen LogP contribution < -0.4 is 0 Å². The van der Waals surface area contributed by atoms with Crippen LogP contribution in [0.1, 0.15) is 98.8 Å². The van der Waals surface area contributed by atoms with Gasteiger partial charge in [-0.2, -0.15) is 0 Å². The minimum absolute atomic E-state index is 0.0150. The van der Waals surface area contributed by atoms with E-state index in [1.54, 1.807) is 0 Å². The first-order valence-electron chi connectivity index (χ1n) is 14.1. The first kappa shape index (κ1) is 26.9. The van der Waals surface area contributed by atoms with Gasteiger partial charge in [0.15, 0.2) is 5.78 Å². The van der Waals surface area contributed by atoms with Crippen molar-refractivity contribution in [3.05, 3.63) is 12.2 Å². The number of ketones is 1. The molecule has 0 saturated heterocycles. The molecular weight excluding hydrogens is 440 g/mol. The van der Waals surface area contributed by atoms with E-state index in [0.717, 1.165) is 31.3 Å². The lowest BCUT2D eigenvalue weighted by atomic mass is 9.42. The fraction of sp³-hybridized carbons (Fsp3) is 0.867. The van der Waals surface area contributed by atoms with Gasteiger partial charge in [-0.3, -0.25) is 9.59 Å². The van der Waals surface area contributed by atoms with Crippen molar-refractivity contribution in [1.82, 2.24) is 0 Å². The van der Waals surface area contributed by atoms with Crippen molar-refractivity contribution < 1.29 is 24.5 Å². The predicted octanol–water partition coefficient (Wildman–Crippen LogP) is 5.47. The molecule has 0 bridgehead atoms. The van der Waals surface area contributed by atoms with Crippen LogP contribution in [0.2, 0.25) is 0 Å². The fourth-order valence-electron chi connectivity index (χ4n) is 9.22. The Morgan fingerprint density at radius 2 is 1.86 bits per heavy atom. The van der Waals surface area contributed by atoms with Crippen LogP contribution in [0.3, 0.4) is 0 Å². The zero-order valence-corrected chi connectivity index (χ0v) is 22.6. The molecule has 198 valence electrons. The fourth-order valence-corrected chi connectivity index (χ4v) is 9.22. The van der Waals surface area contributed by atoms with Crippen LogP contribution in [0.5, 0.6) is 0 Å². The Morgan fingerprint density at radius 3 is 2.54 bits per heavy atom. The summed E-state index contributed by atoms with van der Waals surface area (Å²) in [6.45, 7) is 15.2. The zero-order valence-electron chi connectivity index (χ0n) is 22.6. The number of Topliss-reactive ketones (excluding diaryl/α,β-unsaturated/α-hetero) is 1. The highest BCUT2D eigenvalue weighted by atomic mass is 16.5. The summed E-state index contributed by atoms with van der Waals surface area (Å²) in [5.41, 5.74) is -0.363. The van der Waals surface area contributed by atoms with Crippen molar-refractivity contribution in [1.29, 1.82) is 0 Å². The number of fused-ring (bicyclic) bond motifs is 5. The highest BCUT2D eigenvalue weighted by Crippen LogP contribution is 2.68. The number of rotatable bonds is 7. The lowest BCUT2D eigenvalue weighted by Gasteiger charge is -2.63. The highest BCUT2D eigenvalue weighted by Gasteiger charge is 2.67. The summed E-state index contributed by atoms with van der Waals surface area (Å²) in [6, 6.07) is 0. The number of carbonyl (C=O) groups excluding carboxylic acids is 2. The molecule has 0 aliphatic heterocycles. The molecule has 0 aromatic carbocycles. The van der Waals surface area contributed by atoms with Gasteiger partial charge in [-0.15, -0.1) is 0 Å². The Hall–Kier alpha value is -1.20. The SMILES string of the molecule is C=C(CC[C@@H](C)[C@H]1CC[C@H]2[C@@H]3CC(=O)[C@@]4(O)C[C@@H](O)CC[C@]4(C)[C@H]3CC[C@]12C)[C@H](C)COC(C)=O. The van der Waals surface area contributed by atoms with Crippen molar-refractivity contribution in [2.75, 3.05) is 6.61 Å². The normalized spacial score (nSPS) is 44.5. The van der Waals surface area contributed by atoms with Gasteiger partial charge >= 0.3 is 5.97 Å². The summed E-state index contributed by atoms with van der Waals surface area (Å²) < 4.78 is 5.18. The Morgan fingerprint density at radius 1 is 1.14 bits per heavy atom. The third-order valence-electron chi connectivity index (χ3n) is 11.5. The molecule has 5 nitrogen and oxygen atoms in total. The van der Waals surface area contributed by atoms with E-state index in [2.05, 4.69) is 34.3 Å². The molecule has 4 aliphatic carbocycles. The lowest BCUT2D eigenvalue weighted by Crippen LogP contribution is -2.67. The van der Waals surface area contributed by atoms with Crippen molar-refractivity contribution in [2.24, 2.45) is 46.3 Å². The largest absolute Gasteiger partial charge is 0.465 e. The van der Waals surface area contributed by atoms with Gasteiger partial charge < -0.3 is 14.9 Å². The molecule has 35 heavy (non-hydrogen) atoms. The quantitative estimate of drug-likeness (QED) is 0.367. The van der Waals surface area contributed by atoms with E-state index in [9.17, 15) is 19.8 Å². The van der Waals surface area contributed by atoms with Crippen LogP contribution in [-0.2, 0) is 14.3 Å². The van der Waals surface area contributed by atoms with Crippen LogP contribution >= 0.6 is 0 Å². The second-order valence-corrected chi connectivity index (χ2v) is 13.3.